The maximum absolute atomic E-state index is 14.6. The Balaban J connectivity index is 1.24. The molecule has 37 heavy (non-hydrogen) atoms. The molecule has 1 atom stereocenters. The maximum Gasteiger partial charge on any atom is 0.287 e. The van der Waals surface area contributed by atoms with E-state index in [0.29, 0.717) is 34.9 Å². The smallest absolute Gasteiger partial charge is 0.287 e. The first-order valence-electron chi connectivity index (χ1n) is 12.0. The summed E-state index contributed by atoms with van der Waals surface area (Å²) in [5.41, 5.74) is 2.50. The standard InChI is InChI=1S/C25H24FN7O3S/c26-16-5-4-13(8-18(16)29-25(36)22-10-15-20(34)2-1-3-21(15)37-22)17-11-19(24(35)31-30-17)28-23-9-14-12-27-6-7-33(14)32-23/h4-5,8-11,20,27,34H,1-3,6-7,12H2,(H,29,36)(H,31,35)(H,28,30,32). The molecule has 5 N–H and O–H groups in total. The number of aliphatic hydroxyl groups excluding tert-OH is 1. The number of aliphatic hydroxyl groups is 1. The highest BCUT2D eigenvalue weighted by Crippen LogP contribution is 2.36. The van der Waals surface area contributed by atoms with E-state index in [1.54, 1.807) is 12.1 Å². The van der Waals surface area contributed by atoms with Crippen LogP contribution in [0.1, 0.15) is 44.8 Å². The highest BCUT2D eigenvalue weighted by atomic mass is 32.1. The van der Waals surface area contributed by atoms with Crippen LogP contribution < -0.4 is 21.5 Å². The van der Waals surface area contributed by atoms with Crippen molar-refractivity contribution in [2.24, 2.45) is 0 Å². The molecule has 0 fully saturated rings. The molecule has 1 aliphatic carbocycles. The van der Waals surface area contributed by atoms with Crippen molar-refractivity contribution in [2.75, 3.05) is 17.2 Å². The predicted octanol–water partition coefficient (Wildman–Crippen LogP) is 3.30. The Morgan fingerprint density at radius 1 is 1.22 bits per heavy atom. The van der Waals surface area contributed by atoms with E-state index in [-0.39, 0.29) is 11.4 Å². The molecule has 3 aromatic heterocycles. The third-order valence-electron chi connectivity index (χ3n) is 6.55. The van der Waals surface area contributed by atoms with Gasteiger partial charge in [0.1, 0.15) is 11.5 Å². The first kappa shape index (κ1) is 23.5. The monoisotopic (exact) mass is 521 g/mol. The van der Waals surface area contributed by atoms with Crippen molar-refractivity contribution >= 4 is 34.4 Å². The van der Waals surface area contributed by atoms with E-state index in [9.17, 15) is 19.1 Å². The second-order valence-electron chi connectivity index (χ2n) is 9.09. The largest absolute Gasteiger partial charge is 0.388 e. The van der Waals surface area contributed by atoms with E-state index in [0.717, 1.165) is 42.1 Å². The van der Waals surface area contributed by atoms with Crippen molar-refractivity contribution in [1.29, 1.82) is 0 Å². The molecule has 12 heteroatoms. The molecule has 4 aromatic rings. The molecule has 0 bridgehead atoms. The fourth-order valence-corrected chi connectivity index (χ4v) is 5.80. The number of anilines is 3. The van der Waals surface area contributed by atoms with Gasteiger partial charge in [0.2, 0.25) is 0 Å². The lowest BCUT2D eigenvalue weighted by Gasteiger charge is -2.16. The van der Waals surface area contributed by atoms with Crippen LogP contribution in [0.15, 0.2) is 41.2 Å². The van der Waals surface area contributed by atoms with E-state index in [1.165, 1.54) is 29.5 Å². The number of benzene rings is 1. The number of aromatic amines is 1. The normalized spacial score (nSPS) is 16.6. The summed E-state index contributed by atoms with van der Waals surface area (Å²) in [7, 11) is 0. The highest BCUT2D eigenvalue weighted by Gasteiger charge is 2.24. The fourth-order valence-electron chi connectivity index (χ4n) is 4.65. The van der Waals surface area contributed by atoms with Gasteiger partial charge in [0.15, 0.2) is 5.82 Å². The number of aromatic nitrogens is 4. The van der Waals surface area contributed by atoms with E-state index in [2.05, 4.69) is 31.2 Å². The molecule has 4 heterocycles. The number of H-pyrrole nitrogens is 1. The molecule has 1 amide bonds. The van der Waals surface area contributed by atoms with Crippen LogP contribution in [-0.4, -0.2) is 37.5 Å². The van der Waals surface area contributed by atoms with Crippen LogP contribution in [0.25, 0.3) is 11.3 Å². The summed E-state index contributed by atoms with van der Waals surface area (Å²) in [5.74, 6) is -0.506. The molecule has 1 aliphatic heterocycles. The lowest BCUT2D eigenvalue weighted by molar-refractivity contribution is 0.103. The van der Waals surface area contributed by atoms with Gasteiger partial charge in [0.25, 0.3) is 11.5 Å². The SMILES string of the molecule is O=C(Nc1cc(-c2cc(Nc3cc4n(n3)CCNC4)c(=O)[nH]n2)ccc1F)c1cc2c(s1)CCCC2O. The number of rotatable bonds is 5. The summed E-state index contributed by atoms with van der Waals surface area (Å²) >= 11 is 1.32. The van der Waals surface area contributed by atoms with Crippen LogP contribution >= 0.6 is 11.3 Å². The quantitative estimate of drug-likeness (QED) is 0.272. The van der Waals surface area contributed by atoms with Gasteiger partial charge in [-0.15, -0.1) is 11.3 Å². The second kappa shape index (κ2) is 9.54. The Morgan fingerprint density at radius 3 is 2.95 bits per heavy atom. The third-order valence-corrected chi connectivity index (χ3v) is 7.76. The lowest BCUT2D eigenvalue weighted by Crippen LogP contribution is -2.28. The molecule has 0 spiro atoms. The second-order valence-corrected chi connectivity index (χ2v) is 10.2. The topological polar surface area (TPSA) is 137 Å². The van der Waals surface area contributed by atoms with E-state index >= 15 is 0 Å². The third kappa shape index (κ3) is 4.66. The average molecular weight is 522 g/mol. The van der Waals surface area contributed by atoms with Crippen LogP contribution in [0.5, 0.6) is 0 Å². The maximum atomic E-state index is 14.6. The molecule has 0 saturated heterocycles. The van der Waals surface area contributed by atoms with E-state index in [4.69, 9.17) is 0 Å². The zero-order valence-electron chi connectivity index (χ0n) is 19.7. The minimum atomic E-state index is -0.599. The van der Waals surface area contributed by atoms with E-state index in [1.807, 2.05) is 10.7 Å². The Kier molecular flexibility index (Phi) is 6.07. The zero-order valence-corrected chi connectivity index (χ0v) is 20.5. The fraction of sp³-hybridized carbons (Fsp3) is 0.280. The molecule has 10 nitrogen and oxygen atoms in total. The molecular formula is C25H24FN7O3S. The first-order chi connectivity index (χ1) is 17.9. The van der Waals surface area contributed by atoms with Gasteiger partial charge in [-0.25, -0.2) is 9.49 Å². The van der Waals surface area contributed by atoms with E-state index < -0.39 is 23.4 Å². The molecule has 1 aromatic carbocycles. The molecule has 6 rings (SSSR count). The molecule has 0 saturated carbocycles. The molecule has 0 radical (unpaired) electrons. The summed E-state index contributed by atoms with van der Waals surface area (Å²) in [5, 5.41) is 30.2. The summed E-state index contributed by atoms with van der Waals surface area (Å²) in [6.45, 7) is 2.27. The van der Waals surface area contributed by atoms with Gasteiger partial charge in [-0.3, -0.25) is 14.3 Å². The minimum Gasteiger partial charge on any atom is -0.388 e. The van der Waals surface area contributed by atoms with Gasteiger partial charge in [-0.1, -0.05) is 0 Å². The van der Waals surface area contributed by atoms with Gasteiger partial charge < -0.3 is 21.1 Å². The number of carbonyl (C=O) groups excluding carboxylic acids is 1. The number of aryl methyl sites for hydroxylation is 1. The number of thiophene rings is 1. The summed E-state index contributed by atoms with van der Waals surface area (Å²) in [4.78, 5) is 26.7. The summed E-state index contributed by atoms with van der Waals surface area (Å²) < 4.78 is 16.5. The van der Waals surface area contributed by atoms with Gasteiger partial charge in [0, 0.05) is 29.6 Å². The number of hydrogen-bond acceptors (Lipinski definition) is 8. The van der Waals surface area contributed by atoms with Gasteiger partial charge >= 0.3 is 0 Å². The van der Waals surface area contributed by atoms with Crippen molar-refractivity contribution in [3.63, 3.8) is 0 Å². The van der Waals surface area contributed by atoms with Crippen molar-refractivity contribution < 1.29 is 14.3 Å². The van der Waals surface area contributed by atoms with Crippen LogP contribution in [0.4, 0.5) is 21.6 Å². The van der Waals surface area contributed by atoms with Crippen LogP contribution in [0, 0.1) is 5.82 Å². The molecule has 2 aliphatic rings. The molecule has 1 unspecified atom stereocenters. The number of fused-ring (bicyclic) bond motifs is 2. The Hall–Kier alpha value is -3.87. The van der Waals surface area contributed by atoms with Gasteiger partial charge in [-0.05, 0) is 55.2 Å². The van der Waals surface area contributed by atoms with Crippen molar-refractivity contribution in [2.45, 2.75) is 38.5 Å². The Labute approximate surface area is 214 Å². The lowest BCUT2D eigenvalue weighted by atomic mass is 9.96. The van der Waals surface area contributed by atoms with Gasteiger partial charge in [0.05, 0.1) is 34.6 Å². The van der Waals surface area contributed by atoms with Crippen molar-refractivity contribution in [1.82, 2.24) is 25.3 Å². The summed E-state index contributed by atoms with van der Waals surface area (Å²) in [6.07, 6.45) is 1.79. The van der Waals surface area contributed by atoms with Gasteiger partial charge in [-0.2, -0.15) is 10.2 Å². The number of amides is 1. The minimum absolute atomic E-state index is 0.00814. The summed E-state index contributed by atoms with van der Waals surface area (Å²) in [6, 6.07) is 9.36. The van der Waals surface area contributed by atoms with Crippen molar-refractivity contribution in [3.8, 4) is 11.3 Å². The number of halogens is 1. The predicted molar refractivity (Wildman–Crippen MR) is 138 cm³/mol. The zero-order chi connectivity index (χ0) is 25.5. The van der Waals surface area contributed by atoms with Crippen LogP contribution in [0.3, 0.4) is 0 Å². The number of nitrogens with zero attached hydrogens (tertiary/aromatic N) is 3. The average Bonchev–Trinajstić information content (AvgIpc) is 3.51. The van der Waals surface area contributed by atoms with Crippen molar-refractivity contribution in [3.05, 3.63) is 73.6 Å². The number of hydrogen-bond donors (Lipinski definition) is 5. The first-order valence-corrected chi connectivity index (χ1v) is 12.8. The number of carbonyl (C=O) groups is 1. The number of nitrogens with one attached hydrogen (secondary N) is 4. The molecular weight excluding hydrogens is 497 g/mol. The molecule has 190 valence electrons. The Bertz CT molecular complexity index is 1540. The Morgan fingerprint density at radius 2 is 2.11 bits per heavy atom. The highest BCUT2D eigenvalue weighted by molar-refractivity contribution is 7.14. The van der Waals surface area contributed by atoms with Crippen LogP contribution in [-0.2, 0) is 19.5 Å². The van der Waals surface area contributed by atoms with Crippen LogP contribution in [0.2, 0.25) is 0 Å².